The van der Waals surface area contributed by atoms with E-state index >= 15 is 0 Å². The Balaban J connectivity index is 2.30. The zero-order valence-corrected chi connectivity index (χ0v) is 13.6. The summed E-state index contributed by atoms with van der Waals surface area (Å²) in [6.45, 7) is 1.74. The van der Waals surface area contributed by atoms with Crippen LogP contribution in [0.15, 0.2) is 40.9 Å². The molecule has 3 N–H and O–H groups in total. The van der Waals surface area contributed by atoms with Crippen LogP contribution in [0, 0.1) is 12.7 Å². The number of benzene rings is 2. The lowest BCUT2D eigenvalue weighted by Crippen LogP contribution is -2.29. The van der Waals surface area contributed by atoms with Crippen LogP contribution in [-0.2, 0) is 6.42 Å². The second kappa shape index (κ2) is 7.02. The van der Waals surface area contributed by atoms with Crippen molar-refractivity contribution in [1.82, 2.24) is 5.43 Å². The minimum atomic E-state index is -0.213. The normalized spacial score (nSPS) is 12.2. The van der Waals surface area contributed by atoms with Crippen molar-refractivity contribution in [3.63, 3.8) is 0 Å². The summed E-state index contributed by atoms with van der Waals surface area (Å²) in [5, 5.41) is 0. The molecular weight excluding hydrogens is 335 g/mol. The maximum Gasteiger partial charge on any atom is 0.126 e. The molecule has 0 bridgehead atoms. The second-order valence-electron chi connectivity index (χ2n) is 4.89. The number of ether oxygens (including phenoxy) is 1. The summed E-state index contributed by atoms with van der Waals surface area (Å²) in [5.74, 6) is 6.26. The molecule has 0 fully saturated rings. The van der Waals surface area contributed by atoms with Gasteiger partial charge in [-0.3, -0.25) is 11.3 Å². The largest absolute Gasteiger partial charge is 0.496 e. The van der Waals surface area contributed by atoms with Gasteiger partial charge in [0.15, 0.2) is 0 Å². The van der Waals surface area contributed by atoms with E-state index in [1.54, 1.807) is 20.1 Å². The number of aryl methyl sites for hydroxylation is 1. The van der Waals surface area contributed by atoms with Crippen LogP contribution in [0.2, 0.25) is 0 Å². The van der Waals surface area contributed by atoms with Gasteiger partial charge in [-0.15, -0.1) is 0 Å². The van der Waals surface area contributed by atoms with E-state index in [1.165, 1.54) is 6.07 Å². The third-order valence-corrected chi connectivity index (χ3v) is 3.95. The Hall–Kier alpha value is -1.43. The minimum Gasteiger partial charge on any atom is -0.496 e. The molecule has 2 aromatic carbocycles. The highest BCUT2D eigenvalue weighted by Crippen LogP contribution is 2.28. The molecule has 0 spiro atoms. The predicted octanol–water partition coefficient (Wildman–Crippen LogP) is 3.65. The summed E-state index contributed by atoms with van der Waals surface area (Å²) in [7, 11) is 1.64. The number of methoxy groups -OCH3 is 1. The zero-order valence-electron chi connectivity index (χ0n) is 12.0. The average molecular weight is 353 g/mol. The van der Waals surface area contributed by atoms with Gasteiger partial charge in [0, 0.05) is 4.47 Å². The van der Waals surface area contributed by atoms with Crippen molar-refractivity contribution in [2.24, 2.45) is 5.84 Å². The van der Waals surface area contributed by atoms with Gasteiger partial charge in [0.1, 0.15) is 11.6 Å². The van der Waals surface area contributed by atoms with Crippen LogP contribution in [0.25, 0.3) is 0 Å². The summed E-state index contributed by atoms with van der Waals surface area (Å²) >= 11 is 3.46. The molecule has 0 aliphatic rings. The lowest BCUT2D eigenvalue weighted by atomic mass is 9.97. The fourth-order valence-electron chi connectivity index (χ4n) is 2.28. The van der Waals surface area contributed by atoms with Crippen LogP contribution in [0.4, 0.5) is 4.39 Å². The number of hydrogen-bond donors (Lipinski definition) is 2. The first-order valence-corrected chi connectivity index (χ1v) is 7.39. The Labute approximate surface area is 132 Å². The number of nitrogens with two attached hydrogens (primary N) is 1. The monoisotopic (exact) mass is 352 g/mol. The predicted molar refractivity (Wildman–Crippen MR) is 85.6 cm³/mol. The fraction of sp³-hybridized carbons (Fsp3) is 0.250. The van der Waals surface area contributed by atoms with Gasteiger partial charge < -0.3 is 4.74 Å². The van der Waals surface area contributed by atoms with Gasteiger partial charge in [-0.25, -0.2) is 4.39 Å². The maximum absolute atomic E-state index is 13.4. The van der Waals surface area contributed by atoms with Crippen LogP contribution in [0.1, 0.15) is 22.7 Å². The molecule has 0 saturated heterocycles. The molecule has 21 heavy (non-hydrogen) atoms. The molecule has 0 amide bonds. The van der Waals surface area contributed by atoms with E-state index in [2.05, 4.69) is 21.4 Å². The molecule has 112 valence electrons. The molecule has 1 atom stereocenters. The molecule has 2 rings (SSSR count). The van der Waals surface area contributed by atoms with Crippen molar-refractivity contribution in [3.8, 4) is 5.75 Å². The fourth-order valence-corrected chi connectivity index (χ4v) is 2.69. The highest BCUT2D eigenvalue weighted by molar-refractivity contribution is 9.10. The van der Waals surface area contributed by atoms with Crippen LogP contribution in [-0.4, -0.2) is 7.11 Å². The highest BCUT2D eigenvalue weighted by Gasteiger charge is 2.15. The van der Waals surface area contributed by atoms with Crippen LogP contribution in [0.3, 0.4) is 0 Å². The van der Waals surface area contributed by atoms with Gasteiger partial charge in [-0.1, -0.05) is 28.1 Å². The molecular formula is C16H18BrFN2O. The molecule has 2 aromatic rings. The standard InChI is InChI=1S/C16H18BrFN2O/c1-10-7-11(3-5-14(10)18)15(20-19)9-12-8-13(17)4-6-16(12)21-2/h3-8,15,20H,9,19H2,1-2H3. The van der Waals surface area contributed by atoms with Crippen molar-refractivity contribution in [3.05, 3.63) is 63.4 Å². The third-order valence-electron chi connectivity index (χ3n) is 3.45. The lowest BCUT2D eigenvalue weighted by Gasteiger charge is -2.19. The molecule has 0 heterocycles. The summed E-state index contributed by atoms with van der Waals surface area (Å²) < 4.78 is 19.7. The second-order valence-corrected chi connectivity index (χ2v) is 5.80. The molecule has 0 aliphatic carbocycles. The number of halogens is 2. The minimum absolute atomic E-state index is 0.118. The molecule has 0 saturated carbocycles. The highest BCUT2D eigenvalue weighted by atomic mass is 79.9. The van der Waals surface area contributed by atoms with Gasteiger partial charge in [0.2, 0.25) is 0 Å². The average Bonchev–Trinajstić information content (AvgIpc) is 2.48. The van der Waals surface area contributed by atoms with Crippen molar-refractivity contribution < 1.29 is 9.13 Å². The Bertz CT molecular complexity index is 634. The van der Waals surface area contributed by atoms with Crippen LogP contribution in [0.5, 0.6) is 5.75 Å². The maximum atomic E-state index is 13.4. The van der Waals surface area contributed by atoms with Crippen LogP contribution >= 0.6 is 15.9 Å². The number of rotatable bonds is 5. The first kappa shape index (κ1) is 15.9. The van der Waals surface area contributed by atoms with Gasteiger partial charge in [0.25, 0.3) is 0 Å². The molecule has 0 aromatic heterocycles. The van der Waals surface area contributed by atoms with Crippen molar-refractivity contribution in [2.75, 3.05) is 7.11 Å². The van der Waals surface area contributed by atoms with E-state index in [1.807, 2.05) is 24.3 Å². The quantitative estimate of drug-likeness (QED) is 0.637. The Morgan fingerprint density at radius 3 is 2.67 bits per heavy atom. The van der Waals surface area contributed by atoms with Crippen molar-refractivity contribution in [2.45, 2.75) is 19.4 Å². The van der Waals surface area contributed by atoms with E-state index < -0.39 is 0 Å². The summed E-state index contributed by atoms with van der Waals surface area (Å²) in [6.07, 6.45) is 0.643. The van der Waals surface area contributed by atoms with E-state index in [0.29, 0.717) is 12.0 Å². The van der Waals surface area contributed by atoms with E-state index in [4.69, 9.17) is 10.6 Å². The topological polar surface area (TPSA) is 47.3 Å². The first-order chi connectivity index (χ1) is 10.0. The van der Waals surface area contributed by atoms with Gasteiger partial charge >= 0.3 is 0 Å². The summed E-state index contributed by atoms with van der Waals surface area (Å²) in [5.41, 5.74) is 5.36. The smallest absolute Gasteiger partial charge is 0.126 e. The van der Waals surface area contributed by atoms with Gasteiger partial charge in [-0.05, 0) is 54.3 Å². The lowest BCUT2D eigenvalue weighted by molar-refractivity contribution is 0.405. The Morgan fingerprint density at radius 2 is 2.05 bits per heavy atom. The molecule has 0 aliphatic heterocycles. The molecule has 5 heteroatoms. The SMILES string of the molecule is COc1ccc(Br)cc1CC(NN)c1ccc(F)c(C)c1. The number of hydrazine groups is 1. The van der Waals surface area contributed by atoms with E-state index in [9.17, 15) is 4.39 Å². The van der Waals surface area contributed by atoms with E-state index in [0.717, 1.165) is 21.3 Å². The Morgan fingerprint density at radius 1 is 1.29 bits per heavy atom. The summed E-state index contributed by atoms with van der Waals surface area (Å²) in [6, 6.07) is 10.7. The third kappa shape index (κ3) is 3.81. The zero-order chi connectivity index (χ0) is 15.4. The van der Waals surface area contributed by atoms with Crippen molar-refractivity contribution in [1.29, 1.82) is 0 Å². The van der Waals surface area contributed by atoms with Crippen LogP contribution < -0.4 is 16.0 Å². The first-order valence-electron chi connectivity index (χ1n) is 6.59. The Kier molecular flexibility index (Phi) is 5.33. The number of hydrogen-bond acceptors (Lipinski definition) is 3. The molecule has 1 unspecified atom stereocenters. The van der Waals surface area contributed by atoms with E-state index in [-0.39, 0.29) is 11.9 Å². The number of nitrogens with one attached hydrogen (secondary N) is 1. The summed E-state index contributed by atoms with van der Waals surface area (Å²) in [4.78, 5) is 0. The van der Waals surface area contributed by atoms with Gasteiger partial charge in [0.05, 0.1) is 13.2 Å². The van der Waals surface area contributed by atoms with Crippen molar-refractivity contribution >= 4 is 15.9 Å². The molecule has 0 radical (unpaired) electrons. The van der Waals surface area contributed by atoms with Gasteiger partial charge in [-0.2, -0.15) is 0 Å². The molecule has 3 nitrogen and oxygen atoms in total.